The molecule has 0 radical (unpaired) electrons. The standard InChI is InChI=1S/C12H13ClN2O/c1-7(2)11-9-6-8(13)4-5-10(9)15(3)12(16)14-11/h4-7H,1-3H3. The highest BCUT2D eigenvalue weighted by atomic mass is 35.5. The Morgan fingerprint density at radius 2 is 2.06 bits per heavy atom. The number of halogens is 1. The van der Waals surface area contributed by atoms with Crippen molar-refractivity contribution in [2.24, 2.45) is 7.05 Å². The van der Waals surface area contributed by atoms with Gasteiger partial charge in [-0.3, -0.25) is 4.57 Å². The minimum absolute atomic E-state index is 0.204. The van der Waals surface area contributed by atoms with Crippen LogP contribution in [0.5, 0.6) is 0 Å². The first-order chi connectivity index (χ1) is 7.50. The van der Waals surface area contributed by atoms with E-state index in [9.17, 15) is 4.79 Å². The first-order valence-corrected chi connectivity index (χ1v) is 5.54. The molecule has 0 amide bonds. The van der Waals surface area contributed by atoms with Crippen molar-refractivity contribution in [2.45, 2.75) is 19.8 Å². The van der Waals surface area contributed by atoms with Crippen molar-refractivity contribution in [3.05, 3.63) is 39.4 Å². The van der Waals surface area contributed by atoms with Crippen LogP contribution in [0.3, 0.4) is 0 Å². The van der Waals surface area contributed by atoms with Crippen LogP contribution >= 0.6 is 11.6 Å². The topological polar surface area (TPSA) is 34.9 Å². The number of aromatic nitrogens is 2. The third-order valence-electron chi connectivity index (χ3n) is 2.65. The predicted octanol–water partition coefficient (Wildman–Crippen LogP) is 2.71. The molecule has 0 N–H and O–H groups in total. The summed E-state index contributed by atoms with van der Waals surface area (Å²) in [6, 6.07) is 5.50. The molecule has 4 heteroatoms. The van der Waals surface area contributed by atoms with Gasteiger partial charge in [-0.05, 0) is 24.1 Å². The highest BCUT2D eigenvalue weighted by Crippen LogP contribution is 2.24. The lowest BCUT2D eigenvalue weighted by Gasteiger charge is -2.11. The van der Waals surface area contributed by atoms with Gasteiger partial charge in [0.25, 0.3) is 0 Å². The number of hydrogen-bond donors (Lipinski definition) is 0. The summed E-state index contributed by atoms with van der Waals surface area (Å²) in [5.41, 5.74) is 1.45. The minimum Gasteiger partial charge on any atom is -0.295 e. The first-order valence-electron chi connectivity index (χ1n) is 5.17. The Balaban J connectivity index is 2.96. The second kappa shape index (κ2) is 3.91. The number of nitrogens with zero attached hydrogens (tertiary/aromatic N) is 2. The summed E-state index contributed by atoms with van der Waals surface area (Å²) in [6.07, 6.45) is 0. The summed E-state index contributed by atoms with van der Waals surface area (Å²) in [4.78, 5) is 15.8. The van der Waals surface area contributed by atoms with Gasteiger partial charge in [-0.2, -0.15) is 4.98 Å². The van der Waals surface area contributed by atoms with Crippen LogP contribution in [0.25, 0.3) is 10.9 Å². The quantitative estimate of drug-likeness (QED) is 0.763. The van der Waals surface area contributed by atoms with Crippen LogP contribution in [0.4, 0.5) is 0 Å². The van der Waals surface area contributed by atoms with Gasteiger partial charge in [-0.1, -0.05) is 25.4 Å². The lowest BCUT2D eigenvalue weighted by molar-refractivity contribution is 0.775. The monoisotopic (exact) mass is 236 g/mol. The fraction of sp³-hybridized carbons (Fsp3) is 0.333. The van der Waals surface area contributed by atoms with Gasteiger partial charge in [-0.25, -0.2) is 4.79 Å². The Labute approximate surface area is 98.7 Å². The predicted molar refractivity (Wildman–Crippen MR) is 66.1 cm³/mol. The molecular weight excluding hydrogens is 224 g/mol. The van der Waals surface area contributed by atoms with E-state index in [0.717, 1.165) is 16.6 Å². The number of rotatable bonds is 1. The molecule has 0 bridgehead atoms. The summed E-state index contributed by atoms with van der Waals surface area (Å²) in [6.45, 7) is 4.03. The second-order valence-corrected chi connectivity index (χ2v) is 4.59. The molecule has 2 rings (SSSR count). The molecular formula is C12H13ClN2O. The van der Waals surface area contributed by atoms with Crippen molar-refractivity contribution in [3.63, 3.8) is 0 Å². The lowest BCUT2D eigenvalue weighted by atomic mass is 10.0. The second-order valence-electron chi connectivity index (χ2n) is 4.15. The van der Waals surface area contributed by atoms with Gasteiger partial charge in [0.1, 0.15) is 0 Å². The molecule has 0 aliphatic heterocycles. The normalized spacial score (nSPS) is 11.3. The molecule has 0 saturated carbocycles. The molecule has 1 aromatic carbocycles. The van der Waals surface area contributed by atoms with Crippen molar-refractivity contribution in [2.75, 3.05) is 0 Å². The van der Waals surface area contributed by atoms with E-state index < -0.39 is 0 Å². The van der Waals surface area contributed by atoms with Crippen molar-refractivity contribution >= 4 is 22.5 Å². The van der Waals surface area contributed by atoms with E-state index in [2.05, 4.69) is 4.98 Å². The van der Waals surface area contributed by atoms with Crippen LogP contribution in [0.2, 0.25) is 5.02 Å². The highest BCUT2D eigenvalue weighted by molar-refractivity contribution is 6.31. The van der Waals surface area contributed by atoms with Gasteiger partial charge in [0, 0.05) is 17.5 Å². The number of benzene rings is 1. The van der Waals surface area contributed by atoms with Gasteiger partial charge in [0.15, 0.2) is 0 Å². The van der Waals surface area contributed by atoms with E-state index in [1.807, 2.05) is 26.0 Å². The highest BCUT2D eigenvalue weighted by Gasteiger charge is 2.11. The smallest absolute Gasteiger partial charge is 0.295 e. The molecule has 0 atom stereocenters. The summed E-state index contributed by atoms with van der Waals surface area (Å²) in [5.74, 6) is 0.204. The van der Waals surface area contributed by atoms with E-state index in [1.165, 1.54) is 4.57 Å². The van der Waals surface area contributed by atoms with Crippen LogP contribution in [0.1, 0.15) is 25.5 Å². The average molecular weight is 237 g/mol. The summed E-state index contributed by atoms with van der Waals surface area (Å²) < 4.78 is 1.54. The molecule has 84 valence electrons. The number of fused-ring (bicyclic) bond motifs is 1. The largest absolute Gasteiger partial charge is 0.348 e. The van der Waals surface area contributed by atoms with Crippen LogP contribution in [-0.4, -0.2) is 9.55 Å². The molecule has 16 heavy (non-hydrogen) atoms. The van der Waals surface area contributed by atoms with Crippen molar-refractivity contribution in [3.8, 4) is 0 Å². The zero-order valence-corrected chi connectivity index (χ0v) is 10.2. The third-order valence-corrected chi connectivity index (χ3v) is 2.88. The molecule has 0 saturated heterocycles. The average Bonchev–Trinajstić information content (AvgIpc) is 2.22. The Hall–Kier alpha value is -1.35. The molecule has 0 aliphatic rings. The Morgan fingerprint density at radius 3 is 2.69 bits per heavy atom. The lowest BCUT2D eigenvalue weighted by Crippen LogP contribution is -2.22. The summed E-state index contributed by atoms with van der Waals surface area (Å²) in [5, 5.41) is 1.61. The fourth-order valence-electron chi connectivity index (χ4n) is 1.79. The van der Waals surface area contributed by atoms with E-state index in [1.54, 1.807) is 13.1 Å². The van der Waals surface area contributed by atoms with Crippen molar-refractivity contribution in [1.82, 2.24) is 9.55 Å². The molecule has 3 nitrogen and oxygen atoms in total. The molecule has 0 aliphatic carbocycles. The Kier molecular flexibility index (Phi) is 2.72. The SMILES string of the molecule is CC(C)c1nc(=O)n(C)c2ccc(Cl)cc12. The van der Waals surface area contributed by atoms with E-state index in [-0.39, 0.29) is 11.6 Å². The molecule has 1 aromatic heterocycles. The molecule has 0 spiro atoms. The van der Waals surface area contributed by atoms with E-state index in [4.69, 9.17) is 11.6 Å². The maximum absolute atomic E-state index is 11.7. The first kappa shape index (κ1) is 11.1. The van der Waals surface area contributed by atoms with E-state index >= 15 is 0 Å². The Morgan fingerprint density at radius 1 is 1.38 bits per heavy atom. The number of aryl methyl sites for hydroxylation is 1. The van der Waals surface area contributed by atoms with Gasteiger partial charge in [0.05, 0.1) is 11.2 Å². The number of hydrogen-bond acceptors (Lipinski definition) is 2. The van der Waals surface area contributed by atoms with Crippen LogP contribution in [-0.2, 0) is 7.05 Å². The molecule has 0 unspecified atom stereocenters. The fourth-order valence-corrected chi connectivity index (χ4v) is 1.96. The van der Waals surface area contributed by atoms with Gasteiger partial charge in [0.2, 0.25) is 0 Å². The summed E-state index contributed by atoms with van der Waals surface area (Å²) in [7, 11) is 1.72. The molecule has 1 heterocycles. The van der Waals surface area contributed by atoms with E-state index in [0.29, 0.717) is 5.02 Å². The molecule has 0 fully saturated rings. The van der Waals surface area contributed by atoms with Gasteiger partial charge in [-0.15, -0.1) is 0 Å². The summed E-state index contributed by atoms with van der Waals surface area (Å²) >= 11 is 5.97. The maximum Gasteiger partial charge on any atom is 0.348 e. The van der Waals surface area contributed by atoms with Gasteiger partial charge < -0.3 is 0 Å². The van der Waals surface area contributed by atoms with Gasteiger partial charge >= 0.3 is 5.69 Å². The van der Waals surface area contributed by atoms with Crippen LogP contribution in [0.15, 0.2) is 23.0 Å². The maximum atomic E-state index is 11.7. The third kappa shape index (κ3) is 1.71. The van der Waals surface area contributed by atoms with Crippen molar-refractivity contribution < 1.29 is 0 Å². The van der Waals surface area contributed by atoms with Crippen LogP contribution < -0.4 is 5.69 Å². The zero-order valence-electron chi connectivity index (χ0n) is 9.49. The van der Waals surface area contributed by atoms with Crippen LogP contribution in [0, 0.1) is 0 Å². The zero-order chi connectivity index (χ0) is 11.9. The Bertz CT molecular complexity index is 602. The minimum atomic E-state index is -0.224. The van der Waals surface area contributed by atoms with Crippen molar-refractivity contribution in [1.29, 1.82) is 0 Å². The molecule has 2 aromatic rings.